The van der Waals surface area contributed by atoms with Crippen LogP contribution in [-0.2, 0) is 16.1 Å². The van der Waals surface area contributed by atoms with E-state index in [2.05, 4.69) is 21.2 Å². The smallest absolute Gasteiger partial charge is 0.320 e. The van der Waals surface area contributed by atoms with Crippen LogP contribution in [0.1, 0.15) is 18.4 Å². The molecule has 5 nitrogen and oxygen atoms in total. The van der Waals surface area contributed by atoms with Crippen molar-refractivity contribution in [3.05, 3.63) is 22.4 Å². The fourth-order valence-corrected chi connectivity index (χ4v) is 3.99. The van der Waals surface area contributed by atoms with Gasteiger partial charge in [0.1, 0.15) is 6.04 Å². The van der Waals surface area contributed by atoms with Crippen molar-refractivity contribution < 1.29 is 14.6 Å². The molecule has 116 valence electrons. The van der Waals surface area contributed by atoms with Gasteiger partial charge in [-0.3, -0.25) is 14.6 Å². The maximum Gasteiger partial charge on any atom is 0.320 e. The lowest BCUT2D eigenvalue weighted by atomic mass is 9.95. The number of piperidine rings is 1. The second-order valence-corrected chi connectivity index (χ2v) is 6.56. The second-order valence-electron chi connectivity index (χ2n) is 5.78. The minimum Gasteiger partial charge on any atom is -0.480 e. The first kappa shape index (κ1) is 15.0. The van der Waals surface area contributed by atoms with Crippen LogP contribution >= 0.6 is 11.3 Å². The van der Waals surface area contributed by atoms with Crippen LogP contribution in [0.15, 0.2) is 16.8 Å². The summed E-state index contributed by atoms with van der Waals surface area (Å²) in [6, 6.07) is 2.10. The molecule has 3 rings (SSSR count). The van der Waals surface area contributed by atoms with Gasteiger partial charge in [-0.15, -0.1) is 0 Å². The van der Waals surface area contributed by atoms with Crippen LogP contribution in [0.2, 0.25) is 0 Å². The fraction of sp³-hybridized carbons (Fsp3) is 0.667. The van der Waals surface area contributed by atoms with Crippen molar-refractivity contribution in [1.82, 2.24) is 9.80 Å². The van der Waals surface area contributed by atoms with Gasteiger partial charge >= 0.3 is 5.97 Å². The van der Waals surface area contributed by atoms with E-state index in [1.165, 1.54) is 5.56 Å². The number of morpholine rings is 1. The van der Waals surface area contributed by atoms with E-state index in [1.807, 2.05) is 5.38 Å². The van der Waals surface area contributed by atoms with Crippen molar-refractivity contribution in [3.8, 4) is 0 Å². The van der Waals surface area contributed by atoms with Crippen LogP contribution < -0.4 is 0 Å². The van der Waals surface area contributed by atoms with E-state index in [1.54, 1.807) is 11.3 Å². The molecule has 1 aromatic heterocycles. The quantitative estimate of drug-likeness (QED) is 0.913. The highest BCUT2D eigenvalue weighted by molar-refractivity contribution is 7.07. The number of hydrogen-bond donors (Lipinski definition) is 1. The molecule has 0 amide bonds. The van der Waals surface area contributed by atoms with Crippen LogP contribution in [0.5, 0.6) is 0 Å². The molecule has 0 spiro atoms. The molecule has 0 radical (unpaired) electrons. The van der Waals surface area contributed by atoms with Crippen molar-refractivity contribution in [2.45, 2.75) is 31.5 Å². The Kier molecular flexibility index (Phi) is 4.90. The Bertz CT molecular complexity index is 459. The van der Waals surface area contributed by atoms with Crippen molar-refractivity contribution >= 4 is 17.3 Å². The molecule has 0 bridgehead atoms. The molecule has 1 aromatic rings. The lowest BCUT2D eigenvalue weighted by Crippen LogP contribution is -2.54. The van der Waals surface area contributed by atoms with Gasteiger partial charge in [0.25, 0.3) is 0 Å². The van der Waals surface area contributed by atoms with Crippen LogP contribution in [-0.4, -0.2) is 65.8 Å². The summed E-state index contributed by atoms with van der Waals surface area (Å²) in [6.45, 7) is 5.01. The first-order valence-corrected chi connectivity index (χ1v) is 8.48. The lowest BCUT2D eigenvalue weighted by molar-refractivity contribution is -0.146. The van der Waals surface area contributed by atoms with Crippen molar-refractivity contribution in [1.29, 1.82) is 0 Å². The number of hydrogen-bond acceptors (Lipinski definition) is 5. The van der Waals surface area contributed by atoms with E-state index in [9.17, 15) is 9.90 Å². The van der Waals surface area contributed by atoms with Crippen molar-refractivity contribution in [3.63, 3.8) is 0 Å². The number of likely N-dealkylation sites (tertiary alicyclic amines) is 1. The van der Waals surface area contributed by atoms with Crippen molar-refractivity contribution in [2.75, 3.05) is 32.8 Å². The summed E-state index contributed by atoms with van der Waals surface area (Å²) in [5.74, 6) is -0.691. The van der Waals surface area contributed by atoms with Crippen LogP contribution in [0.3, 0.4) is 0 Å². The molecule has 6 heteroatoms. The van der Waals surface area contributed by atoms with E-state index in [0.29, 0.717) is 6.04 Å². The molecule has 0 unspecified atom stereocenters. The van der Waals surface area contributed by atoms with Gasteiger partial charge in [-0.25, -0.2) is 0 Å². The third-order valence-corrected chi connectivity index (χ3v) is 5.23. The number of carboxylic acid groups (broad SMARTS) is 1. The SMILES string of the molecule is O=C(O)[C@H]1C[C@@H](N2CCOCC2)CCN1Cc1ccsc1. The van der Waals surface area contributed by atoms with Gasteiger partial charge in [-0.05, 0) is 35.2 Å². The molecule has 3 heterocycles. The predicted octanol–water partition coefficient (Wildman–Crippen LogP) is 1.50. The zero-order valence-corrected chi connectivity index (χ0v) is 12.9. The Hall–Kier alpha value is -0.950. The minimum absolute atomic E-state index is 0.369. The molecule has 2 saturated heterocycles. The molecule has 2 aliphatic rings. The van der Waals surface area contributed by atoms with Gasteiger partial charge in [-0.1, -0.05) is 0 Å². The van der Waals surface area contributed by atoms with E-state index >= 15 is 0 Å². The standard InChI is InChI=1S/C15H22N2O3S/c18-15(19)14-9-13(16-4-6-20-7-5-16)1-3-17(14)10-12-2-8-21-11-12/h2,8,11,13-14H,1,3-7,9-10H2,(H,18,19)/t13-,14+/m0/s1. The Morgan fingerprint density at radius 3 is 2.86 bits per heavy atom. The summed E-state index contributed by atoms with van der Waals surface area (Å²) >= 11 is 1.66. The predicted molar refractivity (Wildman–Crippen MR) is 81.6 cm³/mol. The monoisotopic (exact) mass is 310 g/mol. The number of aliphatic carboxylic acids is 1. The molecule has 2 aliphatic heterocycles. The molecule has 1 N–H and O–H groups in total. The van der Waals surface area contributed by atoms with E-state index in [-0.39, 0.29) is 6.04 Å². The van der Waals surface area contributed by atoms with Gasteiger partial charge in [0.2, 0.25) is 0 Å². The summed E-state index contributed by atoms with van der Waals surface area (Å²) < 4.78 is 5.39. The Balaban J connectivity index is 1.63. The van der Waals surface area contributed by atoms with Crippen molar-refractivity contribution in [2.24, 2.45) is 0 Å². The van der Waals surface area contributed by atoms with Gasteiger partial charge < -0.3 is 9.84 Å². The summed E-state index contributed by atoms with van der Waals surface area (Å²) in [5.41, 5.74) is 1.22. The molecule has 2 fully saturated rings. The Labute approximate surface area is 129 Å². The average Bonchev–Trinajstić information content (AvgIpc) is 3.01. The Morgan fingerprint density at radius 2 is 2.19 bits per heavy atom. The highest BCUT2D eigenvalue weighted by atomic mass is 32.1. The number of ether oxygens (including phenoxy) is 1. The zero-order valence-electron chi connectivity index (χ0n) is 12.1. The highest BCUT2D eigenvalue weighted by Gasteiger charge is 2.36. The van der Waals surface area contributed by atoms with Crippen LogP contribution in [0.25, 0.3) is 0 Å². The molecule has 0 saturated carbocycles. The average molecular weight is 310 g/mol. The van der Waals surface area contributed by atoms with Gasteiger partial charge in [0.15, 0.2) is 0 Å². The van der Waals surface area contributed by atoms with E-state index in [4.69, 9.17) is 4.74 Å². The first-order chi connectivity index (χ1) is 10.2. The topological polar surface area (TPSA) is 53.0 Å². The van der Waals surface area contributed by atoms with Gasteiger partial charge in [0.05, 0.1) is 13.2 Å². The summed E-state index contributed by atoms with van der Waals surface area (Å²) in [7, 11) is 0. The number of rotatable bonds is 4. The maximum atomic E-state index is 11.6. The third-order valence-electron chi connectivity index (χ3n) is 4.50. The Morgan fingerprint density at radius 1 is 1.38 bits per heavy atom. The summed E-state index contributed by atoms with van der Waals surface area (Å²) in [6.07, 6.45) is 1.77. The van der Waals surface area contributed by atoms with Crippen LogP contribution in [0.4, 0.5) is 0 Å². The zero-order chi connectivity index (χ0) is 14.7. The molecular weight excluding hydrogens is 288 g/mol. The number of carbonyl (C=O) groups is 1. The number of nitrogens with zero attached hydrogens (tertiary/aromatic N) is 2. The molecule has 2 atom stereocenters. The first-order valence-electron chi connectivity index (χ1n) is 7.54. The normalized spacial score (nSPS) is 28.6. The van der Waals surface area contributed by atoms with E-state index in [0.717, 1.165) is 52.2 Å². The fourth-order valence-electron chi connectivity index (χ4n) is 3.33. The summed E-state index contributed by atoms with van der Waals surface area (Å²) in [5, 5.41) is 13.7. The minimum atomic E-state index is -0.691. The maximum absolute atomic E-state index is 11.6. The molecule has 0 aliphatic carbocycles. The third kappa shape index (κ3) is 3.63. The lowest BCUT2D eigenvalue weighted by Gasteiger charge is -2.43. The largest absolute Gasteiger partial charge is 0.480 e. The second kappa shape index (κ2) is 6.87. The summed E-state index contributed by atoms with van der Waals surface area (Å²) in [4.78, 5) is 16.2. The molecule has 21 heavy (non-hydrogen) atoms. The van der Waals surface area contributed by atoms with Crippen LogP contribution in [0, 0.1) is 0 Å². The van der Waals surface area contributed by atoms with Gasteiger partial charge in [-0.2, -0.15) is 11.3 Å². The number of carboxylic acids is 1. The number of thiophene rings is 1. The molecule has 0 aromatic carbocycles. The highest BCUT2D eigenvalue weighted by Crippen LogP contribution is 2.25. The molecular formula is C15H22N2O3S. The van der Waals surface area contributed by atoms with E-state index < -0.39 is 5.97 Å². The van der Waals surface area contributed by atoms with Gasteiger partial charge in [0, 0.05) is 32.2 Å².